The van der Waals surface area contributed by atoms with Gasteiger partial charge in [-0.2, -0.15) is 0 Å². The van der Waals surface area contributed by atoms with Crippen molar-refractivity contribution in [3.63, 3.8) is 0 Å². The van der Waals surface area contributed by atoms with Crippen LogP contribution in [0.3, 0.4) is 0 Å². The number of hydrogen-bond acceptors (Lipinski definition) is 7. The maximum Gasteiger partial charge on any atom is 0.310 e. The Morgan fingerprint density at radius 1 is 1.37 bits per heavy atom. The number of anilines is 1. The highest BCUT2D eigenvalue weighted by Crippen LogP contribution is 2.69. The Balaban J connectivity index is 1.81. The third-order valence-corrected chi connectivity index (χ3v) is 9.75. The van der Waals surface area contributed by atoms with Gasteiger partial charge in [0, 0.05) is 17.5 Å². The van der Waals surface area contributed by atoms with Crippen LogP contribution in [0.2, 0.25) is 0 Å². The van der Waals surface area contributed by atoms with Crippen LogP contribution in [0.1, 0.15) is 27.2 Å². The van der Waals surface area contributed by atoms with E-state index >= 15 is 0 Å². The van der Waals surface area contributed by atoms with E-state index in [0.29, 0.717) is 11.4 Å². The number of fused-ring (bicyclic) bond motifs is 1. The van der Waals surface area contributed by atoms with Gasteiger partial charge in [0.05, 0.1) is 42.9 Å². The Morgan fingerprint density at radius 2 is 2.06 bits per heavy atom. The molecule has 35 heavy (non-hydrogen) atoms. The van der Waals surface area contributed by atoms with Crippen molar-refractivity contribution < 1.29 is 29.0 Å². The summed E-state index contributed by atoms with van der Waals surface area (Å²) < 4.78 is 9.86. The van der Waals surface area contributed by atoms with Crippen LogP contribution in [0, 0.1) is 17.8 Å². The first-order valence-electron chi connectivity index (χ1n) is 12.1. The van der Waals surface area contributed by atoms with Gasteiger partial charge in [-0.15, -0.1) is 18.3 Å². The first-order chi connectivity index (χ1) is 16.8. The fourth-order valence-electron chi connectivity index (χ4n) is 6.17. The van der Waals surface area contributed by atoms with Gasteiger partial charge in [-0.05, 0) is 50.5 Å². The summed E-state index contributed by atoms with van der Waals surface area (Å²) in [6, 6.07) is 5.76. The van der Waals surface area contributed by atoms with E-state index < -0.39 is 28.7 Å². The molecule has 3 unspecified atom stereocenters. The molecule has 190 valence electrons. The Kier molecular flexibility index (Phi) is 7.20. The lowest BCUT2D eigenvalue weighted by atomic mass is 9.66. The molecule has 3 aliphatic rings. The molecule has 1 spiro atoms. The van der Waals surface area contributed by atoms with E-state index in [1.165, 1.54) is 4.90 Å². The van der Waals surface area contributed by atoms with Gasteiger partial charge >= 0.3 is 5.97 Å². The van der Waals surface area contributed by atoms with E-state index in [9.17, 15) is 19.5 Å². The van der Waals surface area contributed by atoms with E-state index in [1.54, 1.807) is 68.0 Å². The lowest BCUT2D eigenvalue weighted by molar-refractivity contribution is -0.154. The number of hydrogen-bond donors (Lipinski definition) is 1. The SMILES string of the molecule is C=CCN(C(=O)C1N([C@H](C)CO)C(=O)[C@@H]2[C@H](C(=O)OCC)[C@@H]3CC(C)C12S3)c1ccc(OC)cc1. The highest BCUT2D eigenvalue weighted by atomic mass is 32.2. The highest BCUT2D eigenvalue weighted by Gasteiger charge is 2.77. The predicted molar refractivity (Wildman–Crippen MR) is 134 cm³/mol. The largest absolute Gasteiger partial charge is 0.497 e. The zero-order valence-electron chi connectivity index (χ0n) is 20.7. The Labute approximate surface area is 210 Å². The molecule has 1 N–H and O–H groups in total. The lowest BCUT2D eigenvalue weighted by Gasteiger charge is -2.41. The average Bonchev–Trinajstić information content (AvgIpc) is 3.45. The molecule has 0 aliphatic carbocycles. The standard InChI is InChI=1S/C26H34N2O6S/c1-6-12-27(17-8-10-18(33-5)11-9-17)24(31)22-26-15(3)13-19(35-26)20(25(32)34-7-2)21(26)23(30)28(22)16(4)14-29/h6,8-11,15-16,19-22,29H,1,7,12-14H2,2-5H3/t15?,16-,19+,20-,21+,22?,26?/m1/s1. The second-order valence-electron chi connectivity index (χ2n) is 9.52. The number of rotatable bonds is 9. The first-order valence-corrected chi connectivity index (χ1v) is 13.0. The molecule has 3 fully saturated rings. The number of ether oxygens (including phenoxy) is 2. The fourth-order valence-corrected chi connectivity index (χ4v) is 8.56. The van der Waals surface area contributed by atoms with Gasteiger partial charge in [0.15, 0.2) is 0 Å². The molecule has 2 amide bonds. The minimum absolute atomic E-state index is 0.0309. The van der Waals surface area contributed by atoms with E-state index in [4.69, 9.17) is 9.47 Å². The lowest BCUT2D eigenvalue weighted by Crippen LogP contribution is -2.59. The number of aliphatic hydroxyl groups is 1. The summed E-state index contributed by atoms with van der Waals surface area (Å²) in [5.41, 5.74) is 0.659. The summed E-state index contributed by atoms with van der Waals surface area (Å²) in [5, 5.41) is 9.96. The topological polar surface area (TPSA) is 96.4 Å². The van der Waals surface area contributed by atoms with Crippen LogP contribution in [-0.2, 0) is 19.1 Å². The number of aliphatic hydroxyl groups excluding tert-OH is 1. The van der Waals surface area contributed by atoms with Crippen molar-refractivity contribution in [2.75, 3.05) is 31.8 Å². The van der Waals surface area contributed by atoms with E-state index in [-0.39, 0.29) is 48.7 Å². The van der Waals surface area contributed by atoms with Gasteiger partial charge in [0.1, 0.15) is 11.8 Å². The summed E-state index contributed by atoms with van der Waals surface area (Å²) in [6.45, 7) is 9.59. The summed E-state index contributed by atoms with van der Waals surface area (Å²) in [7, 11) is 1.58. The number of esters is 1. The molecule has 3 saturated heterocycles. The Hall–Kier alpha value is -2.52. The van der Waals surface area contributed by atoms with Crippen molar-refractivity contribution in [2.45, 2.75) is 49.3 Å². The van der Waals surface area contributed by atoms with Crippen LogP contribution >= 0.6 is 11.8 Å². The number of benzene rings is 1. The Morgan fingerprint density at radius 3 is 2.63 bits per heavy atom. The molecule has 9 heteroatoms. The molecule has 4 rings (SSSR count). The van der Waals surface area contributed by atoms with Crippen molar-refractivity contribution >= 4 is 35.2 Å². The third kappa shape index (κ3) is 3.83. The molecular formula is C26H34N2O6S. The predicted octanol–water partition coefficient (Wildman–Crippen LogP) is 2.50. The Bertz CT molecular complexity index is 1000. The van der Waals surface area contributed by atoms with Gasteiger partial charge < -0.3 is 24.4 Å². The van der Waals surface area contributed by atoms with Crippen LogP contribution < -0.4 is 9.64 Å². The zero-order chi connectivity index (χ0) is 25.5. The molecule has 3 heterocycles. The normalized spacial score (nSPS) is 31.7. The molecule has 8 nitrogen and oxygen atoms in total. The van der Waals surface area contributed by atoms with Gasteiger partial charge in [-0.25, -0.2) is 0 Å². The number of amides is 2. The van der Waals surface area contributed by atoms with Crippen molar-refractivity contribution in [3.05, 3.63) is 36.9 Å². The van der Waals surface area contributed by atoms with Crippen molar-refractivity contribution in [2.24, 2.45) is 17.8 Å². The first kappa shape index (κ1) is 25.6. The smallest absolute Gasteiger partial charge is 0.310 e. The van der Waals surface area contributed by atoms with E-state index in [1.807, 2.05) is 0 Å². The number of carbonyl (C=O) groups excluding carboxylic acids is 3. The van der Waals surface area contributed by atoms with Crippen molar-refractivity contribution in [3.8, 4) is 5.75 Å². The summed E-state index contributed by atoms with van der Waals surface area (Å²) in [6.07, 6.45) is 2.38. The molecule has 1 aromatic rings. The minimum Gasteiger partial charge on any atom is -0.497 e. The molecular weight excluding hydrogens is 468 g/mol. The maximum atomic E-state index is 14.4. The molecule has 1 aromatic carbocycles. The minimum atomic E-state index is -0.825. The quantitative estimate of drug-likeness (QED) is 0.409. The second-order valence-corrected chi connectivity index (χ2v) is 11.1. The summed E-state index contributed by atoms with van der Waals surface area (Å²) in [4.78, 5) is 44.5. The number of nitrogens with zero attached hydrogens (tertiary/aromatic N) is 2. The molecule has 0 radical (unpaired) electrons. The molecule has 3 aliphatic heterocycles. The number of carbonyl (C=O) groups is 3. The van der Waals surface area contributed by atoms with E-state index in [2.05, 4.69) is 13.5 Å². The van der Waals surface area contributed by atoms with Crippen LogP contribution in [0.4, 0.5) is 5.69 Å². The average molecular weight is 503 g/mol. The number of thioether (sulfide) groups is 1. The molecule has 7 atom stereocenters. The zero-order valence-corrected chi connectivity index (χ0v) is 21.5. The van der Waals surface area contributed by atoms with E-state index in [0.717, 1.165) is 6.42 Å². The fraction of sp³-hybridized carbons (Fsp3) is 0.577. The molecule has 0 aromatic heterocycles. The maximum absolute atomic E-state index is 14.4. The van der Waals surface area contributed by atoms with Crippen LogP contribution in [0.15, 0.2) is 36.9 Å². The van der Waals surface area contributed by atoms with Crippen LogP contribution in [0.25, 0.3) is 0 Å². The van der Waals surface area contributed by atoms with Crippen LogP contribution in [0.5, 0.6) is 5.75 Å². The van der Waals surface area contributed by atoms with Gasteiger partial charge in [0.2, 0.25) is 5.91 Å². The van der Waals surface area contributed by atoms with Gasteiger partial charge in [-0.1, -0.05) is 13.0 Å². The number of likely N-dealkylation sites (tertiary alicyclic amines) is 1. The van der Waals surface area contributed by atoms with Crippen molar-refractivity contribution in [1.29, 1.82) is 0 Å². The van der Waals surface area contributed by atoms with Crippen molar-refractivity contribution in [1.82, 2.24) is 4.90 Å². The highest BCUT2D eigenvalue weighted by molar-refractivity contribution is 8.02. The summed E-state index contributed by atoms with van der Waals surface area (Å²) >= 11 is 1.59. The third-order valence-electron chi connectivity index (χ3n) is 7.68. The van der Waals surface area contributed by atoms with Gasteiger partial charge in [0.25, 0.3) is 5.91 Å². The molecule has 2 bridgehead atoms. The monoisotopic (exact) mass is 502 g/mol. The molecule has 0 saturated carbocycles. The summed E-state index contributed by atoms with van der Waals surface area (Å²) in [5.74, 6) is -1.42. The van der Waals surface area contributed by atoms with Crippen LogP contribution in [-0.4, -0.2) is 76.7 Å². The number of methoxy groups -OCH3 is 1. The van der Waals surface area contributed by atoms with Gasteiger partial charge in [-0.3, -0.25) is 14.4 Å². The second kappa shape index (κ2) is 9.85.